The number of aromatic nitrogens is 3. The van der Waals surface area contributed by atoms with E-state index in [1.807, 2.05) is 19.1 Å². The SMILES string of the molecule is CCc1nc(NCc2cccc(C)c2)c2onc(-c3ccc(C)cc3)c2n1. The monoisotopic (exact) mass is 358 g/mol. The number of anilines is 1. The van der Waals surface area contributed by atoms with Gasteiger partial charge in [-0.15, -0.1) is 0 Å². The molecule has 0 bridgehead atoms. The first kappa shape index (κ1) is 17.2. The molecule has 5 heteroatoms. The average molecular weight is 358 g/mol. The fourth-order valence-electron chi connectivity index (χ4n) is 3.06. The third-order valence-corrected chi connectivity index (χ3v) is 4.55. The second-order valence-electron chi connectivity index (χ2n) is 6.76. The lowest BCUT2D eigenvalue weighted by atomic mass is 10.1. The molecule has 0 radical (unpaired) electrons. The number of benzene rings is 2. The Labute approximate surface area is 158 Å². The molecule has 4 rings (SSSR count). The third-order valence-electron chi connectivity index (χ3n) is 4.55. The van der Waals surface area contributed by atoms with Crippen LogP contribution in [-0.4, -0.2) is 15.1 Å². The van der Waals surface area contributed by atoms with Gasteiger partial charge in [0.05, 0.1) is 0 Å². The van der Waals surface area contributed by atoms with Gasteiger partial charge < -0.3 is 9.84 Å². The minimum absolute atomic E-state index is 0.593. The van der Waals surface area contributed by atoms with Crippen molar-refractivity contribution in [2.75, 3.05) is 5.32 Å². The molecule has 0 saturated heterocycles. The minimum Gasteiger partial charge on any atom is -0.363 e. The molecule has 2 aromatic heterocycles. The summed E-state index contributed by atoms with van der Waals surface area (Å²) in [5.74, 6) is 1.45. The zero-order chi connectivity index (χ0) is 18.8. The summed E-state index contributed by atoms with van der Waals surface area (Å²) < 4.78 is 5.64. The summed E-state index contributed by atoms with van der Waals surface area (Å²) >= 11 is 0. The zero-order valence-corrected chi connectivity index (χ0v) is 15.8. The standard InChI is InChI=1S/C22H22N4O/c1-4-18-24-20-19(17-10-8-14(2)9-11-17)26-27-21(20)22(25-18)23-13-16-7-5-6-15(3)12-16/h5-12H,4,13H2,1-3H3,(H,23,24,25). The normalized spacial score (nSPS) is 11.1. The molecule has 2 heterocycles. The lowest BCUT2D eigenvalue weighted by molar-refractivity contribution is 0.459. The summed E-state index contributed by atoms with van der Waals surface area (Å²) in [6, 6.07) is 16.6. The third kappa shape index (κ3) is 3.53. The number of nitrogens with one attached hydrogen (secondary N) is 1. The maximum absolute atomic E-state index is 5.64. The molecule has 27 heavy (non-hydrogen) atoms. The fraction of sp³-hybridized carbons (Fsp3) is 0.227. The number of aryl methyl sites for hydroxylation is 3. The number of nitrogens with zero attached hydrogens (tertiary/aromatic N) is 3. The molecule has 136 valence electrons. The first-order chi connectivity index (χ1) is 13.1. The highest BCUT2D eigenvalue weighted by Gasteiger charge is 2.18. The van der Waals surface area contributed by atoms with Crippen LogP contribution in [0.3, 0.4) is 0 Å². The van der Waals surface area contributed by atoms with Crippen molar-refractivity contribution in [3.63, 3.8) is 0 Å². The molecule has 0 aliphatic rings. The van der Waals surface area contributed by atoms with Crippen LogP contribution < -0.4 is 5.32 Å². The Morgan fingerprint density at radius 2 is 1.78 bits per heavy atom. The Bertz CT molecular complexity index is 1080. The topological polar surface area (TPSA) is 63.8 Å². The number of fused-ring (bicyclic) bond motifs is 1. The lowest BCUT2D eigenvalue weighted by Gasteiger charge is -2.08. The van der Waals surface area contributed by atoms with Crippen molar-refractivity contribution in [3.05, 3.63) is 71.0 Å². The molecular formula is C22H22N4O. The highest BCUT2D eigenvalue weighted by atomic mass is 16.5. The van der Waals surface area contributed by atoms with E-state index in [2.05, 4.69) is 70.7 Å². The second kappa shape index (κ2) is 7.19. The van der Waals surface area contributed by atoms with Gasteiger partial charge in [0.2, 0.25) is 5.58 Å². The van der Waals surface area contributed by atoms with E-state index in [1.54, 1.807) is 0 Å². The maximum Gasteiger partial charge on any atom is 0.228 e. The molecule has 0 unspecified atom stereocenters. The Kier molecular flexibility index (Phi) is 4.59. The van der Waals surface area contributed by atoms with E-state index >= 15 is 0 Å². The van der Waals surface area contributed by atoms with E-state index in [-0.39, 0.29) is 0 Å². The summed E-state index contributed by atoms with van der Waals surface area (Å²) in [5.41, 5.74) is 6.71. The molecule has 0 aliphatic carbocycles. The van der Waals surface area contributed by atoms with Crippen molar-refractivity contribution in [3.8, 4) is 11.3 Å². The van der Waals surface area contributed by atoms with E-state index < -0.39 is 0 Å². The van der Waals surface area contributed by atoms with Crippen LogP contribution in [0.1, 0.15) is 29.4 Å². The Morgan fingerprint density at radius 3 is 2.52 bits per heavy atom. The quantitative estimate of drug-likeness (QED) is 0.539. The van der Waals surface area contributed by atoms with Crippen molar-refractivity contribution in [2.45, 2.75) is 33.7 Å². The number of rotatable bonds is 5. The van der Waals surface area contributed by atoms with Gasteiger partial charge in [-0.2, -0.15) is 0 Å². The number of hydrogen-bond donors (Lipinski definition) is 1. The summed E-state index contributed by atoms with van der Waals surface area (Å²) in [4.78, 5) is 9.30. The number of hydrogen-bond acceptors (Lipinski definition) is 5. The van der Waals surface area contributed by atoms with Crippen LogP contribution in [0.25, 0.3) is 22.4 Å². The average Bonchev–Trinajstić information content (AvgIpc) is 3.10. The van der Waals surface area contributed by atoms with Gasteiger partial charge in [-0.05, 0) is 19.4 Å². The highest BCUT2D eigenvalue weighted by Crippen LogP contribution is 2.30. The molecule has 0 fully saturated rings. The molecule has 0 amide bonds. The summed E-state index contributed by atoms with van der Waals surface area (Å²) in [6.07, 6.45) is 0.744. The van der Waals surface area contributed by atoms with E-state index in [0.29, 0.717) is 17.9 Å². The van der Waals surface area contributed by atoms with Crippen LogP contribution in [0, 0.1) is 13.8 Å². The van der Waals surface area contributed by atoms with Crippen LogP contribution in [0.5, 0.6) is 0 Å². The molecule has 4 aromatic rings. The van der Waals surface area contributed by atoms with Gasteiger partial charge >= 0.3 is 0 Å². The first-order valence-corrected chi connectivity index (χ1v) is 9.17. The van der Waals surface area contributed by atoms with Crippen molar-refractivity contribution >= 4 is 16.9 Å². The van der Waals surface area contributed by atoms with Crippen molar-refractivity contribution in [1.82, 2.24) is 15.1 Å². The van der Waals surface area contributed by atoms with E-state index in [4.69, 9.17) is 4.52 Å². The van der Waals surface area contributed by atoms with Gasteiger partial charge in [0.15, 0.2) is 5.82 Å². The summed E-state index contributed by atoms with van der Waals surface area (Å²) in [5, 5.41) is 7.68. The largest absolute Gasteiger partial charge is 0.363 e. The molecule has 0 atom stereocenters. The van der Waals surface area contributed by atoms with Crippen LogP contribution >= 0.6 is 0 Å². The van der Waals surface area contributed by atoms with Crippen molar-refractivity contribution < 1.29 is 4.52 Å². The van der Waals surface area contributed by atoms with Gasteiger partial charge in [0, 0.05) is 18.5 Å². The van der Waals surface area contributed by atoms with Crippen LogP contribution in [-0.2, 0) is 13.0 Å². The van der Waals surface area contributed by atoms with Crippen molar-refractivity contribution in [1.29, 1.82) is 0 Å². The van der Waals surface area contributed by atoms with Crippen molar-refractivity contribution in [2.24, 2.45) is 0 Å². The smallest absolute Gasteiger partial charge is 0.228 e. The molecule has 2 aromatic carbocycles. The van der Waals surface area contributed by atoms with E-state index in [9.17, 15) is 0 Å². The first-order valence-electron chi connectivity index (χ1n) is 9.17. The van der Waals surface area contributed by atoms with Gasteiger partial charge in [0.25, 0.3) is 0 Å². The van der Waals surface area contributed by atoms with Gasteiger partial charge in [-0.25, -0.2) is 9.97 Å². The predicted molar refractivity (Wildman–Crippen MR) is 108 cm³/mol. The summed E-state index contributed by atoms with van der Waals surface area (Å²) in [6.45, 7) is 6.86. The van der Waals surface area contributed by atoms with Crippen LogP contribution in [0.2, 0.25) is 0 Å². The molecule has 1 N–H and O–H groups in total. The minimum atomic E-state index is 0.593. The van der Waals surface area contributed by atoms with E-state index in [0.717, 1.165) is 29.0 Å². The van der Waals surface area contributed by atoms with Crippen LogP contribution in [0.4, 0.5) is 5.82 Å². The Balaban J connectivity index is 1.73. The molecule has 0 spiro atoms. The molecule has 0 aliphatic heterocycles. The lowest BCUT2D eigenvalue weighted by Crippen LogP contribution is -2.05. The molecule has 5 nitrogen and oxygen atoms in total. The molecule has 0 saturated carbocycles. The maximum atomic E-state index is 5.64. The Morgan fingerprint density at radius 1 is 0.963 bits per heavy atom. The van der Waals surface area contributed by atoms with Gasteiger partial charge in [-0.3, -0.25) is 0 Å². The zero-order valence-electron chi connectivity index (χ0n) is 15.8. The Hall–Kier alpha value is -3.21. The predicted octanol–water partition coefficient (Wildman–Crippen LogP) is 5.08. The molecular weight excluding hydrogens is 336 g/mol. The second-order valence-corrected chi connectivity index (χ2v) is 6.76. The van der Waals surface area contributed by atoms with Gasteiger partial charge in [0.1, 0.15) is 17.0 Å². The summed E-state index contributed by atoms with van der Waals surface area (Å²) in [7, 11) is 0. The van der Waals surface area contributed by atoms with Crippen LogP contribution in [0.15, 0.2) is 53.1 Å². The fourth-order valence-corrected chi connectivity index (χ4v) is 3.06. The van der Waals surface area contributed by atoms with Gasteiger partial charge in [-0.1, -0.05) is 71.7 Å². The highest BCUT2D eigenvalue weighted by molar-refractivity contribution is 5.93. The van der Waals surface area contributed by atoms with E-state index in [1.165, 1.54) is 16.7 Å².